The Balaban J connectivity index is 1.52. The van der Waals surface area contributed by atoms with Crippen LogP contribution in [0.3, 0.4) is 0 Å². The summed E-state index contributed by atoms with van der Waals surface area (Å²) in [7, 11) is 0. The Kier molecular flexibility index (Phi) is 3.62. The molecular weight excluding hydrogens is 330 g/mol. The maximum absolute atomic E-state index is 12.3. The molecule has 4 fully saturated rings. The molecule has 3 unspecified atom stereocenters. The fourth-order valence-corrected chi connectivity index (χ4v) is 6.25. The van der Waals surface area contributed by atoms with Crippen molar-refractivity contribution in [2.75, 3.05) is 18.5 Å². The fourth-order valence-electron chi connectivity index (χ4n) is 6.25. The third-order valence-corrected chi connectivity index (χ3v) is 7.08. The van der Waals surface area contributed by atoms with Gasteiger partial charge in [0, 0.05) is 30.4 Å². The lowest BCUT2D eigenvalue weighted by Gasteiger charge is -2.60. The number of Topliss-reactive ketones (excluding diaryl/α,β-unsaturated/α-hetero) is 1. The van der Waals surface area contributed by atoms with E-state index >= 15 is 0 Å². The predicted octanol–water partition coefficient (Wildman–Crippen LogP) is 2.34. The normalized spacial score (nSPS) is 35.2. The maximum Gasteiger partial charge on any atom is 0.191 e. The van der Waals surface area contributed by atoms with E-state index in [1.807, 2.05) is 12.3 Å². The Bertz CT molecular complexity index is 845. The molecule has 5 atom stereocenters. The van der Waals surface area contributed by atoms with Crippen LogP contribution < -0.4 is 5.32 Å². The Morgan fingerprint density at radius 2 is 2.04 bits per heavy atom. The SMILES string of the molecule is O=C(CO)c1cnc2[nH]ccc2c1NC1[C@@H]2CC3C[C@H]1CC(CO)(C3)C2. The van der Waals surface area contributed by atoms with Crippen molar-refractivity contribution in [2.24, 2.45) is 23.2 Å². The summed E-state index contributed by atoms with van der Waals surface area (Å²) in [5.74, 6) is 1.50. The number of H-pyrrole nitrogens is 1. The van der Waals surface area contributed by atoms with Crippen LogP contribution in [0, 0.1) is 23.2 Å². The van der Waals surface area contributed by atoms with E-state index in [2.05, 4.69) is 15.3 Å². The van der Waals surface area contributed by atoms with Crippen LogP contribution in [-0.4, -0.2) is 45.2 Å². The van der Waals surface area contributed by atoms with E-state index < -0.39 is 6.61 Å². The van der Waals surface area contributed by atoms with E-state index in [1.165, 1.54) is 19.3 Å². The number of carbonyl (C=O) groups excluding carboxylic acids is 1. The number of fused-ring (bicyclic) bond motifs is 1. The van der Waals surface area contributed by atoms with Crippen molar-refractivity contribution in [2.45, 2.75) is 38.1 Å². The minimum atomic E-state index is -0.514. The average Bonchev–Trinajstić information content (AvgIpc) is 3.12. The number of rotatable bonds is 5. The third-order valence-electron chi connectivity index (χ3n) is 7.08. The second kappa shape index (κ2) is 5.79. The molecule has 4 bridgehead atoms. The lowest BCUT2D eigenvalue weighted by molar-refractivity contribution is -0.0868. The van der Waals surface area contributed by atoms with E-state index in [0.29, 0.717) is 30.0 Å². The molecule has 6 rings (SSSR count). The van der Waals surface area contributed by atoms with Gasteiger partial charge in [-0.2, -0.15) is 0 Å². The number of pyridine rings is 1. The third kappa shape index (κ3) is 2.32. The number of aromatic amines is 1. The summed E-state index contributed by atoms with van der Waals surface area (Å²) < 4.78 is 0. The quantitative estimate of drug-likeness (QED) is 0.617. The number of aromatic nitrogens is 2. The molecule has 0 amide bonds. The summed E-state index contributed by atoms with van der Waals surface area (Å²) in [5, 5.41) is 23.9. The van der Waals surface area contributed by atoms with Crippen molar-refractivity contribution in [3.8, 4) is 0 Å². The van der Waals surface area contributed by atoms with Gasteiger partial charge in [-0.15, -0.1) is 0 Å². The second-order valence-corrected chi connectivity index (χ2v) is 8.67. The zero-order chi connectivity index (χ0) is 17.9. The summed E-state index contributed by atoms with van der Waals surface area (Å²) in [6.45, 7) is -0.214. The molecular formula is C20H25N3O3. The van der Waals surface area contributed by atoms with Crippen molar-refractivity contribution in [3.05, 3.63) is 24.0 Å². The smallest absolute Gasteiger partial charge is 0.191 e. The molecule has 6 heteroatoms. The van der Waals surface area contributed by atoms with Crippen LogP contribution in [0.2, 0.25) is 0 Å². The minimum Gasteiger partial charge on any atom is -0.396 e. The maximum atomic E-state index is 12.3. The van der Waals surface area contributed by atoms with Crippen LogP contribution in [0.4, 0.5) is 5.69 Å². The highest BCUT2D eigenvalue weighted by Crippen LogP contribution is 2.60. The van der Waals surface area contributed by atoms with E-state index in [9.17, 15) is 15.0 Å². The molecule has 138 valence electrons. The van der Waals surface area contributed by atoms with Crippen LogP contribution in [0.1, 0.15) is 42.5 Å². The first kappa shape index (κ1) is 16.3. The largest absolute Gasteiger partial charge is 0.396 e. The zero-order valence-electron chi connectivity index (χ0n) is 14.7. The molecule has 4 aliphatic carbocycles. The number of aliphatic hydroxyl groups is 2. The Morgan fingerprint density at radius 3 is 2.73 bits per heavy atom. The molecule has 26 heavy (non-hydrogen) atoms. The number of carbonyl (C=O) groups is 1. The van der Waals surface area contributed by atoms with Gasteiger partial charge in [0.15, 0.2) is 5.78 Å². The summed E-state index contributed by atoms with van der Waals surface area (Å²) in [6.07, 6.45) is 9.12. The number of nitrogens with zero attached hydrogens (tertiary/aromatic N) is 1. The molecule has 4 aliphatic rings. The fraction of sp³-hybridized carbons (Fsp3) is 0.600. The molecule has 0 spiro atoms. The van der Waals surface area contributed by atoms with Gasteiger partial charge in [-0.1, -0.05) is 0 Å². The van der Waals surface area contributed by atoms with Crippen LogP contribution in [0.25, 0.3) is 11.0 Å². The molecule has 0 aliphatic heterocycles. The topological polar surface area (TPSA) is 98.2 Å². The molecule has 0 aromatic carbocycles. The van der Waals surface area contributed by atoms with Gasteiger partial charge in [-0.05, 0) is 61.3 Å². The number of hydrogen-bond donors (Lipinski definition) is 4. The van der Waals surface area contributed by atoms with Gasteiger partial charge < -0.3 is 20.5 Å². The first-order chi connectivity index (χ1) is 12.6. The average molecular weight is 355 g/mol. The first-order valence-electron chi connectivity index (χ1n) is 9.60. The summed E-state index contributed by atoms with van der Waals surface area (Å²) >= 11 is 0. The lowest BCUT2D eigenvalue weighted by Crippen LogP contribution is -2.57. The molecule has 2 heterocycles. The lowest BCUT2D eigenvalue weighted by atomic mass is 9.48. The molecule has 2 aromatic heterocycles. The summed E-state index contributed by atoms with van der Waals surface area (Å²) in [6, 6.07) is 2.25. The highest BCUT2D eigenvalue weighted by molar-refractivity contribution is 6.08. The monoisotopic (exact) mass is 355 g/mol. The Labute approximate surface area is 152 Å². The molecule has 4 N–H and O–H groups in total. The highest BCUT2D eigenvalue weighted by Gasteiger charge is 2.55. The van der Waals surface area contributed by atoms with E-state index in [-0.39, 0.29) is 11.2 Å². The highest BCUT2D eigenvalue weighted by atomic mass is 16.3. The first-order valence-corrected chi connectivity index (χ1v) is 9.60. The van der Waals surface area contributed by atoms with E-state index in [0.717, 1.165) is 35.5 Å². The number of hydrogen-bond acceptors (Lipinski definition) is 5. The van der Waals surface area contributed by atoms with Crippen LogP contribution in [0.15, 0.2) is 18.5 Å². The van der Waals surface area contributed by atoms with Gasteiger partial charge in [0.05, 0.1) is 11.3 Å². The van der Waals surface area contributed by atoms with Gasteiger partial charge in [-0.3, -0.25) is 4.79 Å². The van der Waals surface area contributed by atoms with Crippen LogP contribution in [0.5, 0.6) is 0 Å². The van der Waals surface area contributed by atoms with Crippen molar-refractivity contribution >= 4 is 22.5 Å². The molecule has 0 radical (unpaired) electrons. The standard InChI is InChI=1S/C20H25N3O3/c24-9-16(26)15-8-22-19-14(1-2-21-19)18(15)23-17-12-3-11-4-13(17)7-20(5-11,6-12)10-25/h1-2,8,11-13,17,24-25H,3-7,9-10H2,(H2,21,22,23)/t11?,12-,13+,17?,20?. The van der Waals surface area contributed by atoms with Crippen LogP contribution in [-0.2, 0) is 0 Å². The molecule has 0 saturated heterocycles. The van der Waals surface area contributed by atoms with Crippen LogP contribution >= 0.6 is 0 Å². The number of aliphatic hydroxyl groups excluding tert-OH is 2. The van der Waals surface area contributed by atoms with Crippen molar-refractivity contribution in [1.29, 1.82) is 0 Å². The van der Waals surface area contributed by atoms with E-state index in [4.69, 9.17) is 0 Å². The van der Waals surface area contributed by atoms with Crippen molar-refractivity contribution < 1.29 is 15.0 Å². The van der Waals surface area contributed by atoms with Gasteiger partial charge in [0.1, 0.15) is 12.3 Å². The number of anilines is 1. The van der Waals surface area contributed by atoms with Crippen molar-refractivity contribution in [3.63, 3.8) is 0 Å². The minimum absolute atomic E-state index is 0.125. The molecule has 4 saturated carbocycles. The summed E-state index contributed by atoms with van der Waals surface area (Å²) in [4.78, 5) is 19.7. The molecule has 2 aromatic rings. The van der Waals surface area contributed by atoms with Gasteiger partial charge in [-0.25, -0.2) is 4.98 Å². The zero-order valence-corrected chi connectivity index (χ0v) is 14.7. The second-order valence-electron chi connectivity index (χ2n) is 8.67. The Hall–Kier alpha value is -1.92. The van der Waals surface area contributed by atoms with E-state index in [1.54, 1.807) is 6.20 Å². The molecule has 6 nitrogen and oxygen atoms in total. The van der Waals surface area contributed by atoms with Gasteiger partial charge >= 0.3 is 0 Å². The van der Waals surface area contributed by atoms with Crippen molar-refractivity contribution in [1.82, 2.24) is 9.97 Å². The Morgan fingerprint density at radius 1 is 1.27 bits per heavy atom. The number of nitrogens with one attached hydrogen (secondary N) is 2. The van der Waals surface area contributed by atoms with Gasteiger partial charge in [0.25, 0.3) is 0 Å². The summed E-state index contributed by atoms with van der Waals surface area (Å²) in [5.41, 5.74) is 2.13. The predicted molar refractivity (Wildman–Crippen MR) is 98.0 cm³/mol. The number of ketones is 1. The van der Waals surface area contributed by atoms with Gasteiger partial charge in [0.2, 0.25) is 0 Å².